The van der Waals surface area contributed by atoms with Crippen LogP contribution in [0.4, 0.5) is 0 Å². The summed E-state index contributed by atoms with van der Waals surface area (Å²) in [6.07, 6.45) is 0. The van der Waals surface area contributed by atoms with Crippen molar-refractivity contribution in [3.05, 3.63) is 146 Å². The maximum atomic E-state index is 5.52. The normalized spacial score (nSPS) is 12.5. The molecule has 5 heterocycles. The average Bonchev–Trinajstić information content (AvgIpc) is 3.89. The Kier molecular flexibility index (Phi) is 4.83. The molecule has 0 fully saturated rings. The first-order chi connectivity index (χ1) is 24.3. The lowest BCUT2D eigenvalue weighted by Crippen LogP contribution is -2.02. The fourth-order valence-corrected chi connectivity index (χ4v) is 9.54. The zero-order valence-electron chi connectivity index (χ0n) is 26.1. The molecule has 0 aliphatic rings. The molecule has 5 aromatic heterocycles. The maximum absolute atomic E-state index is 5.52. The molecule has 0 atom stereocenters. The van der Waals surface area contributed by atoms with Crippen molar-refractivity contribution in [3.8, 4) is 17.2 Å². The third-order valence-electron chi connectivity index (χ3n) is 10.4. The first-order valence-corrected chi connectivity index (χ1v) is 17.4. The molecule has 0 amide bonds. The number of hydrogen-bond acceptors (Lipinski definition) is 3. The van der Waals surface area contributed by atoms with E-state index in [4.69, 9.17) is 9.97 Å². The molecule has 0 radical (unpaired) electrons. The highest BCUT2D eigenvalue weighted by atomic mass is 32.1. The summed E-state index contributed by atoms with van der Waals surface area (Å²) in [5, 5.41) is 11.1. The number of nitrogens with zero attached hydrogens (tertiary/aromatic N) is 4. The second kappa shape index (κ2) is 9.19. The van der Waals surface area contributed by atoms with E-state index >= 15 is 0 Å². The van der Waals surface area contributed by atoms with Crippen LogP contribution in [0.25, 0.3) is 108 Å². The Morgan fingerprint density at radius 1 is 0.469 bits per heavy atom. The summed E-state index contributed by atoms with van der Waals surface area (Å²) in [6, 6.07) is 52.6. The molecule has 49 heavy (non-hydrogen) atoms. The molecule has 12 aromatic rings. The molecule has 5 heteroatoms. The van der Waals surface area contributed by atoms with Crippen molar-refractivity contribution in [2.45, 2.75) is 0 Å². The molecule has 4 nitrogen and oxygen atoms in total. The lowest BCUT2D eigenvalue weighted by Gasteiger charge is -2.11. The number of para-hydroxylation sites is 3. The van der Waals surface area contributed by atoms with E-state index in [0.29, 0.717) is 5.95 Å². The molecular weight excluding hydrogens is 617 g/mol. The zero-order valence-corrected chi connectivity index (χ0v) is 26.9. The molecule has 0 saturated carbocycles. The molecule has 0 bridgehead atoms. The van der Waals surface area contributed by atoms with Crippen LogP contribution in [0.2, 0.25) is 0 Å². The van der Waals surface area contributed by atoms with Gasteiger partial charge in [-0.2, -0.15) is 0 Å². The highest BCUT2D eigenvalue weighted by molar-refractivity contribution is 7.26. The van der Waals surface area contributed by atoms with E-state index < -0.39 is 0 Å². The van der Waals surface area contributed by atoms with Crippen molar-refractivity contribution in [3.63, 3.8) is 0 Å². The first kappa shape index (κ1) is 25.7. The van der Waals surface area contributed by atoms with Crippen LogP contribution in [-0.2, 0) is 0 Å². The molecule has 0 spiro atoms. The van der Waals surface area contributed by atoms with Gasteiger partial charge in [-0.1, -0.05) is 109 Å². The fourth-order valence-electron chi connectivity index (χ4n) is 8.39. The minimum absolute atomic E-state index is 0.687. The summed E-state index contributed by atoms with van der Waals surface area (Å²) in [6.45, 7) is 0. The van der Waals surface area contributed by atoms with Crippen molar-refractivity contribution < 1.29 is 0 Å². The van der Waals surface area contributed by atoms with Gasteiger partial charge in [-0.05, 0) is 47.2 Å². The third kappa shape index (κ3) is 3.27. The standard InChI is InChI=1S/C44H24N4S/c1-2-12-26-23-27(22-21-25(26)11-1)40-43-41(31-16-6-10-20-37(31)49-43)46-44(45-40)48-35-19-9-4-14-29(35)38-36(48)24-32-28-13-3-7-17-33(28)47-34-18-8-5-15-30(34)39(38)42(32)47/h1-24H. The lowest BCUT2D eigenvalue weighted by atomic mass is 10.0. The lowest BCUT2D eigenvalue weighted by molar-refractivity contribution is 1.02. The summed E-state index contributed by atoms with van der Waals surface area (Å²) < 4.78 is 7.09. The largest absolute Gasteiger partial charge is 0.308 e. The Morgan fingerprint density at radius 2 is 1.12 bits per heavy atom. The second-order valence-electron chi connectivity index (χ2n) is 13.0. The van der Waals surface area contributed by atoms with Gasteiger partial charge in [-0.15, -0.1) is 11.3 Å². The molecule has 0 unspecified atom stereocenters. The van der Waals surface area contributed by atoms with E-state index in [1.54, 1.807) is 11.3 Å². The highest BCUT2D eigenvalue weighted by Gasteiger charge is 2.25. The second-order valence-corrected chi connectivity index (χ2v) is 14.0. The zero-order chi connectivity index (χ0) is 31.8. The van der Waals surface area contributed by atoms with Gasteiger partial charge in [0.25, 0.3) is 0 Å². The number of hydrogen-bond donors (Lipinski definition) is 0. The molecule has 0 N–H and O–H groups in total. The van der Waals surface area contributed by atoms with E-state index in [1.165, 1.54) is 64.3 Å². The average molecular weight is 641 g/mol. The van der Waals surface area contributed by atoms with Crippen molar-refractivity contribution in [2.24, 2.45) is 0 Å². The Balaban J connectivity index is 1.29. The smallest absolute Gasteiger partial charge is 0.235 e. The predicted octanol–water partition coefficient (Wildman–Crippen LogP) is 11.9. The van der Waals surface area contributed by atoms with Crippen molar-refractivity contribution in [1.82, 2.24) is 18.9 Å². The van der Waals surface area contributed by atoms with E-state index in [0.717, 1.165) is 37.9 Å². The number of aromatic nitrogens is 4. The van der Waals surface area contributed by atoms with Gasteiger partial charge in [0, 0.05) is 48.0 Å². The van der Waals surface area contributed by atoms with Gasteiger partial charge in [0.1, 0.15) is 0 Å². The quantitative estimate of drug-likeness (QED) is 0.188. The number of rotatable bonds is 2. The molecule has 12 rings (SSSR count). The summed E-state index contributed by atoms with van der Waals surface area (Å²) >= 11 is 1.77. The topological polar surface area (TPSA) is 35.1 Å². The van der Waals surface area contributed by atoms with Crippen LogP contribution in [0, 0.1) is 0 Å². The molecule has 0 aliphatic heterocycles. The van der Waals surface area contributed by atoms with Crippen LogP contribution >= 0.6 is 11.3 Å². The van der Waals surface area contributed by atoms with Gasteiger partial charge in [-0.25, -0.2) is 9.97 Å². The molecule has 226 valence electrons. The van der Waals surface area contributed by atoms with Crippen molar-refractivity contribution >= 4 is 102 Å². The number of benzene rings is 7. The maximum Gasteiger partial charge on any atom is 0.235 e. The van der Waals surface area contributed by atoms with Crippen LogP contribution < -0.4 is 0 Å². The van der Waals surface area contributed by atoms with E-state index in [1.807, 2.05) is 0 Å². The Labute approximate surface area is 283 Å². The van der Waals surface area contributed by atoms with Crippen LogP contribution in [0.5, 0.6) is 0 Å². The van der Waals surface area contributed by atoms with Crippen molar-refractivity contribution in [1.29, 1.82) is 0 Å². The minimum atomic E-state index is 0.687. The third-order valence-corrected chi connectivity index (χ3v) is 11.6. The van der Waals surface area contributed by atoms with Gasteiger partial charge in [0.2, 0.25) is 5.95 Å². The Bertz CT molecular complexity index is 3340. The molecule has 0 aliphatic carbocycles. The van der Waals surface area contributed by atoms with E-state index in [9.17, 15) is 0 Å². The Morgan fingerprint density at radius 3 is 1.96 bits per heavy atom. The van der Waals surface area contributed by atoms with E-state index in [-0.39, 0.29) is 0 Å². The SMILES string of the molecule is c1ccc2cc(-c3nc(-n4c5ccccc5c5c6c7ccccc7n7c8ccccc8c(cc54)c67)nc4c3sc3ccccc34)ccc2c1. The molecule has 0 saturated heterocycles. The fraction of sp³-hybridized carbons (Fsp3) is 0. The van der Waals surface area contributed by atoms with Crippen LogP contribution in [-0.4, -0.2) is 18.9 Å². The van der Waals surface area contributed by atoms with Gasteiger partial charge < -0.3 is 4.40 Å². The van der Waals surface area contributed by atoms with Gasteiger partial charge in [-0.3, -0.25) is 4.57 Å². The van der Waals surface area contributed by atoms with Crippen LogP contribution in [0.1, 0.15) is 0 Å². The monoisotopic (exact) mass is 640 g/mol. The Hall–Kier alpha value is -6.30. The van der Waals surface area contributed by atoms with Gasteiger partial charge in [0.15, 0.2) is 0 Å². The minimum Gasteiger partial charge on any atom is -0.308 e. The molecule has 7 aromatic carbocycles. The number of fused-ring (bicyclic) bond motifs is 14. The summed E-state index contributed by atoms with van der Waals surface area (Å²) in [4.78, 5) is 11.0. The van der Waals surface area contributed by atoms with Crippen molar-refractivity contribution in [2.75, 3.05) is 0 Å². The summed E-state index contributed by atoms with van der Waals surface area (Å²) in [5.74, 6) is 0.687. The van der Waals surface area contributed by atoms with Gasteiger partial charge in [0.05, 0.1) is 43.5 Å². The van der Waals surface area contributed by atoms with E-state index in [2.05, 4.69) is 155 Å². The summed E-state index contributed by atoms with van der Waals surface area (Å²) in [5.41, 5.74) is 9.00. The van der Waals surface area contributed by atoms with Crippen LogP contribution in [0.15, 0.2) is 146 Å². The first-order valence-electron chi connectivity index (χ1n) is 16.6. The summed E-state index contributed by atoms with van der Waals surface area (Å²) in [7, 11) is 0. The predicted molar refractivity (Wildman–Crippen MR) is 207 cm³/mol. The molecular formula is C44H24N4S. The highest BCUT2D eigenvalue weighted by Crippen LogP contribution is 2.47. The van der Waals surface area contributed by atoms with Crippen LogP contribution in [0.3, 0.4) is 0 Å². The van der Waals surface area contributed by atoms with Gasteiger partial charge >= 0.3 is 0 Å². The number of thiophene rings is 1.